The SMILES string of the molecule is CCN(Cc1ccccc1)Cc1c(C)[nH]c2ccc(F)cc2c1=O. The topological polar surface area (TPSA) is 36.1 Å². The molecule has 1 N–H and O–H groups in total. The van der Waals surface area contributed by atoms with Crippen LogP contribution < -0.4 is 5.43 Å². The van der Waals surface area contributed by atoms with Gasteiger partial charge in [0.05, 0.1) is 0 Å². The number of aromatic amines is 1. The highest BCUT2D eigenvalue weighted by atomic mass is 19.1. The number of halogens is 1. The van der Waals surface area contributed by atoms with Crippen molar-refractivity contribution in [2.45, 2.75) is 26.9 Å². The normalized spacial score (nSPS) is 11.3. The second kappa shape index (κ2) is 6.97. The Kier molecular flexibility index (Phi) is 4.76. The molecule has 0 bridgehead atoms. The van der Waals surface area contributed by atoms with E-state index in [1.165, 1.54) is 17.7 Å². The molecular weight excluding hydrogens is 303 g/mol. The van der Waals surface area contributed by atoms with E-state index in [2.05, 4.69) is 28.9 Å². The number of benzene rings is 2. The number of hydrogen-bond donors (Lipinski definition) is 1. The quantitative estimate of drug-likeness (QED) is 0.770. The van der Waals surface area contributed by atoms with Crippen molar-refractivity contribution in [2.24, 2.45) is 0 Å². The van der Waals surface area contributed by atoms with Crippen LogP contribution in [0, 0.1) is 12.7 Å². The molecule has 124 valence electrons. The molecule has 4 heteroatoms. The molecule has 0 aliphatic heterocycles. The molecule has 1 aromatic heterocycles. The molecule has 2 aromatic carbocycles. The number of pyridine rings is 1. The Morgan fingerprint density at radius 1 is 1.08 bits per heavy atom. The fourth-order valence-corrected chi connectivity index (χ4v) is 2.96. The van der Waals surface area contributed by atoms with E-state index >= 15 is 0 Å². The summed E-state index contributed by atoms with van der Waals surface area (Å²) < 4.78 is 13.5. The molecule has 0 radical (unpaired) electrons. The van der Waals surface area contributed by atoms with Gasteiger partial charge in [-0.1, -0.05) is 37.3 Å². The van der Waals surface area contributed by atoms with Crippen LogP contribution in [-0.4, -0.2) is 16.4 Å². The fourth-order valence-electron chi connectivity index (χ4n) is 2.96. The van der Waals surface area contributed by atoms with E-state index in [1.54, 1.807) is 6.07 Å². The van der Waals surface area contributed by atoms with Gasteiger partial charge in [-0.05, 0) is 37.2 Å². The fraction of sp³-hybridized carbons (Fsp3) is 0.250. The minimum atomic E-state index is -0.389. The Balaban J connectivity index is 1.94. The van der Waals surface area contributed by atoms with Gasteiger partial charge < -0.3 is 4.98 Å². The van der Waals surface area contributed by atoms with E-state index in [1.807, 2.05) is 25.1 Å². The number of rotatable bonds is 5. The maximum atomic E-state index is 13.5. The third-order valence-corrected chi connectivity index (χ3v) is 4.35. The van der Waals surface area contributed by atoms with E-state index in [0.29, 0.717) is 23.0 Å². The molecule has 0 spiro atoms. The molecule has 3 aromatic rings. The third-order valence-electron chi connectivity index (χ3n) is 4.35. The Bertz CT molecular complexity index is 903. The van der Waals surface area contributed by atoms with Crippen LogP contribution in [0.15, 0.2) is 53.3 Å². The van der Waals surface area contributed by atoms with Crippen molar-refractivity contribution in [1.82, 2.24) is 9.88 Å². The summed E-state index contributed by atoms with van der Waals surface area (Å²) in [7, 11) is 0. The Morgan fingerprint density at radius 2 is 1.83 bits per heavy atom. The zero-order chi connectivity index (χ0) is 17.1. The molecule has 0 saturated carbocycles. The number of nitrogens with one attached hydrogen (secondary N) is 1. The maximum absolute atomic E-state index is 13.5. The number of fused-ring (bicyclic) bond motifs is 1. The summed E-state index contributed by atoms with van der Waals surface area (Å²) in [5, 5.41) is 0.409. The van der Waals surface area contributed by atoms with Crippen molar-refractivity contribution in [3.05, 3.63) is 81.4 Å². The average molecular weight is 324 g/mol. The summed E-state index contributed by atoms with van der Waals surface area (Å²) in [5.41, 5.74) is 3.33. The predicted molar refractivity (Wildman–Crippen MR) is 95.5 cm³/mol. The molecule has 3 rings (SSSR count). The first-order chi connectivity index (χ1) is 11.6. The van der Waals surface area contributed by atoms with Crippen molar-refractivity contribution >= 4 is 10.9 Å². The predicted octanol–water partition coefficient (Wildman–Crippen LogP) is 4.00. The summed E-state index contributed by atoms with van der Waals surface area (Å²) in [6.45, 7) is 6.12. The van der Waals surface area contributed by atoms with Crippen LogP contribution in [0.25, 0.3) is 10.9 Å². The lowest BCUT2D eigenvalue weighted by molar-refractivity contribution is 0.270. The van der Waals surface area contributed by atoms with E-state index in [9.17, 15) is 9.18 Å². The zero-order valence-corrected chi connectivity index (χ0v) is 14.0. The number of aryl methyl sites for hydroxylation is 1. The molecule has 0 saturated heterocycles. The van der Waals surface area contributed by atoms with Crippen molar-refractivity contribution in [1.29, 1.82) is 0 Å². The molecule has 3 nitrogen and oxygen atoms in total. The van der Waals surface area contributed by atoms with Gasteiger partial charge in [-0.2, -0.15) is 0 Å². The van der Waals surface area contributed by atoms with Gasteiger partial charge in [0.2, 0.25) is 0 Å². The van der Waals surface area contributed by atoms with E-state index in [4.69, 9.17) is 0 Å². The molecule has 0 amide bonds. The van der Waals surface area contributed by atoms with Crippen LogP contribution in [-0.2, 0) is 13.1 Å². The van der Waals surface area contributed by atoms with Crippen molar-refractivity contribution in [2.75, 3.05) is 6.54 Å². The van der Waals surface area contributed by atoms with Crippen LogP contribution in [0.1, 0.15) is 23.7 Å². The molecule has 0 aliphatic rings. The zero-order valence-electron chi connectivity index (χ0n) is 14.0. The van der Waals surface area contributed by atoms with Gasteiger partial charge in [0.15, 0.2) is 5.43 Å². The molecule has 0 unspecified atom stereocenters. The van der Waals surface area contributed by atoms with Gasteiger partial charge in [-0.15, -0.1) is 0 Å². The highest BCUT2D eigenvalue weighted by molar-refractivity contribution is 5.79. The Labute approximate surface area is 140 Å². The lowest BCUT2D eigenvalue weighted by Gasteiger charge is -2.21. The highest BCUT2D eigenvalue weighted by Gasteiger charge is 2.13. The van der Waals surface area contributed by atoms with Crippen LogP contribution >= 0.6 is 0 Å². The largest absolute Gasteiger partial charge is 0.358 e. The highest BCUT2D eigenvalue weighted by Crippen LogP contribution is 2.15. The maximum Gasteiger partial charge on any atom is 0.194 e. The number of hydrogen-bond acceptors (Lipinski definition) is 2. The molecule has 0 atom stereocenters. The monoisotopic (exact) mass is 324 g/mol. The minimum absolute atomic E-state index is 0.0905. The van der Waals surface area contributed by atoms with Gasteiger partial charge in [0, 0.05) is 35.2 Å². The van der Waals surface area contributed by atoms with Gasteiger partial charge in [0.25, 0.3) is 0 Å². The van der Waals surface area contributed by atoms with E-state index in [0.717, 1.165) is 18.8 Å². The minimum Gasteiger partial charge on any atom is -0.358 e. The average Bonchev–Trinajstić information content (AvgIpc) is 2.59. The van der Waals surface area contributed by atoms with Crippen molar-refractivity contribution < 1.29 is 4.39 Å². The van der Waals surface area contributed by atoms with Crippen molar-refractivity contribution in [3.63, 3.8) is 0 Å². The lowest BCUT2D eigenvalue weighted by Crippen LogP contribution is -2.27. The molecule has 1 heterocycles. The summed E-state index contributed by atoms with van der Waals surface area (Å²) in [6, 6.07) is 14.5. The van der Waals surface area contributed by atoms with Gasteiger partial charge in [-0.3, -0.25) is 9.69 Å². The van der Waals surface area contributed by atoms with Gasteiger partial charge in [0.1, 0.15) is 5.82 Å². The standard InChI is InChI=1S/C20H21FN2O/c1-3-23(12-15-7-5-4-6-8-15)13-18-14(2)22-19-10-9-16(21)11-17(19)20(18)24/h4-11H,3,12-13H2,1-2H3,(H,22,24). The summed E-state index contributed by atoms with van der Waals surface area (Å²) in [4.78, 5) is 18.2. The summed E-state index contributed by atoms with van der Waals surface area (Å²) in [6.07, 6.45) is 0. The van der Waals surface area contributed by atoms with E-state index in [-0.39, 0.29) is 11.2 Å². The number of H-pyrrole nitrogens is 1. The summed E-state index contributed by atoms with van der Waals surface area (Å²) in [5.74, 6) is -0.389. The van der Waals surface area contributed by atoms with E-state index < -0.39 is 0 Å². The number of aromatic nitrogens is 1. The Hall–Kier alpha value is -2.46. The smallest absolute Gasteiger partial charge is 0.194 e. The molecule has 24 heavy (non-hydrogen) atoms. The van der Waals surface area contributed by atoms with Gasteiger partial charge >= 0.3 is 0 Å². The molecule has 0 fully saturated rings. The van der Waals surface area contributed by atoms with Crippen LogP contribution in [0.5, 0.6) is 0 Å². The summed E-state index contributed by atoms with van der Waals surface area (Å²) >= 11 is 0. The lowest BCUT2D eigenvalue weighted by atomic mass is 10.1. The van der Waals surface area contributed by atoms with Gasteiger partial charge in [-0.25, -0.2) is 4.39 Å². The second-order valence-corrected chi connectivity index (χ2v) is 6.04. The van der Waals surface area contributed by atoms with Crippen LogP contribution in [0.3, 0.4) is 0 Å². The van der Waals surface area contributed by atoms with Crippen LogP contribution in [0.2, 0.25) is 0 Å². The molecule has 0 aliphatic carbocycles. The third kappa shape index (κ3) is 3.39. The first-order valence-corrected chi connectivity index (χ1v) is 8.15. The second-order valence-electron chi connectivity index (χ2n) is 6.04. The first-order valence-electron chi connectivity index (χ1n) is 8.15. The van der Waals surface area contributed by atoms with Crippen LogP contribution in [0.4, 0.5) is 4.39 Å². The van der Waals surface area contributed by atoms with Crippen molar-refractivity contribution in [3.8, 4) is 0 Å². The first kappa shape index (κ1) is 16.4. The Morgan fingerprint density at radius 3 is 2.54 bits per heavy atom. The molecular formula is C20H21FN2O. The number of nitrogens with zero attached hydrogens (tertiary/aromatic N) is 1.